The number of benzene rings is 5. The molecule has 1 aliphatic rings. The van der Waals surface area contributed by atoms with E-state index in [0.29, 0.717) is 6.04 Å². The SMILES string of the molecule is C(CN(CC=C(c1ccccc1)c1ccccc1)[C@@H]1CCc2ccccc21)=C(c1ccccc1)c1ccccc1. The number of fused-ring (bicyclic) bond motifs is 1. The van der Waals surface area contributed by atoms with E-state index >= 15 is 0 Å². The van der Waals surface area contributed by atoms with Gasteiger partial charge in [-0.15, -0.1) is 0 Å². The molecule has 0 heterocycles. The summed E-state index contributed by atoms with van der Waals surface area (Å²) in [6.45, 7) is 1.73. The quantitative estimate of drug-likeness (QED) is 0.188. The van der Waals surface area contributed by atoms with Crippen LogP contribution < -0.4 is 0 Å². The van der Waals surface area contributed by atoms with Gasteiger partial charge >= 0.3 is 0 Å². The Morgan fingerprint density at radius 1 is 0.500 bits per heavy atom. The summed E-state index contributed by atoms with van der Waals surface area (Å²) in [5, 5.41) is 0. The fourth-order valence-electron chi connectivity index (χ4n) is 5.94. The van der Waals surface area contributed by atoms with E-state index in [-0.39, 0.29) is 0 Å². The van der Waals surface area contributed by atoms with Crippen molar-refractivity contribution < 1.29 is 0 Å². The van der Waals surface area contributed by atoms with Crippen molar-refractivity contribution in [2.45, 2.75) is 18.9 Å². The average molecular weight is 518 g/mol. The van der Waals surface area contributed by atoms with Gasteiger partial charge in [-0.05, 0) is 57.4 Å². The summed E-state index contributed by atoms with van der Waals surface area (Å²) < 4.78 is 0. The molecule has 1 atom stereocenters. The minimum atomic E-state index is 0.393. The van der Waals surface area contributed by atoms with E-state index < -0.39 is 0 Å². The van der Waals surface area contributed by atoms with E-state index in [1.807, 2.05) is 0 Å². The standard InChI is InChI=1S/C39H35N/c1-5-15-31(16-6-1)36(32-17-7-2-8-18-32)27-29-40(39-26-25-35-23-13-14-24-38(35)39)30-28-37(33-19-9-3-10-20-33)34-21-11-4-12-22-34/h1-24,27-28,39H,25-26,29-30H2/t39-/m1/s1. The van der Waals surface area contributed by atoms with Crippen LogP contribution in [0, 0.1) is 0 Å². The highest BCUT2D eigenvalue weighted by Gasteiger charge is 2.27. The first-order chi connectivity index (χ1) is 19.9. The van der Waals surface area contributed by atoms with Crippen LogP contribution in [0.3, 0.4) is 0 Å². The third-order valence-corrected chi connectivity index (χ3v) is 7.94. The summed E-state index contributed by atoms with van der Waals surface area (Å²) in [5.74, 6) is 0. The molecule has 40 heavy (non-hydrogen) atoms. The van der Waals surface area contributed by atoms with Gasteiger partial charge in [0.1, 0.15) is 0 Å². The lowest BCUT2D eigenvalue weighted by Gasteiger charge is -2.28. The molecule has 1 heteroatoms. The van der Waals surface area contributed by atoms with E-state index in [1.54, 1.807) is 0 Å². The fraction of sp³-hybridized carbons (Fsp3) is 0.128. The molecule has 0 spiro atoms. The Labute approximate surface area is 238 Å². The zero-order valence-corrected chi connectivity index (χ0v) is 22.9. The van der Waals surface area contributed by atoms with Crippen molar-refractivity contribution in [2.75, 3.05) is 13.1 Å². The molecule has 0 aliphatic heterocycles. The van der Waals surface area contributed by atoms with Crippen molar-refractivity contribution in [3.63, 3.8) is 0 Å². The van der Waals surface area contributed by atoms with Crippen molar-refractivity contribution >= 4 is 11.1 Å². The maximum absolute atomic E-state index is 2.66. The molecule has 6 rings (SSSR count). The van der Waals surface area contributed by atoms with Gasteiger partial charge in [-0.25, -0.2) is 0 Å². The summed E-state index contributed by atoms with van der Waals surface area (Å²) >= 11 is 0. The van der Waals surface area contributed by atoms with E-state index in [1.165, 1.54) is 44.5 Å². The van der Waals surface area contributed by atoms with Crippen molar-refractivity contribution in [1.82, 2.24) is 4.90 Å². The molecular weight excluding hydrogens is 482 g/mol. The van der Waals surface area contributed by atoms with Gasteiger partial charge < -0.3 is 0 Å². The van der Waals surface area contributed by atoms with Gasteiger partial charge in [0.25, 0.3) is 0 Å². The van der Waals surface area contributed by atoms with Gasteiger partial charge in [0.2, 0.25) is 0 Å². The van der Waals surface area contributed by atoms with Crippen LogP contribution in [0.4, 0.5) is 0 Å². The first-order valence-electron chi connectivity index (χ1n) is 14.3. The Morgan fingerprint density at radius 2 is 0.875 bits per heavy atom. The molecule has 0 N–H and O–H groups in total. The van der Waals surface area contributed by atoms with Crippen molar-refractivity contribution in [3.8, 4) is 0 Å². The Bertz CT molecular complexity index is 1390. The Kier molecular flexibility index (Phi) is 8.12. The van der Waals surface area contributed by atoms with E-state index in [0.717, 1.165) is 25.9 Å². The summed E-state index contributed by atoms with van der Waals surface area (Å²) in [4.78, 5) is 2.66. The normalized spacial score (nSPS) is 14.0. The highest BCUT2D eigenvalue weighted by molar-refractivity contribution is 5.80. The van der Waals surface area contributed by atoms with Gasteiger partial charge in [0, 0.05) is 19.1 Å². The molecule has 0 saturated carbocycles. The molecular formula is C39H35N. The zero-order chi connectivity index (χ0) is 27.0. The third kappa shape index (κ3) is 5.91. The van der Waals surface area contributed by atoms with Crippen LogP contribution in [0.2, 0.25) is 0 Å². The number of nitrogens with zero attached hydrogens (tertiary/aromatic N) is 1. The number of aryl methyl sites for hydroxylation is 1. The van der Waals surface area contributed by atoms with Gasteiger partial charge in [-0.3, -0.25) is 4.90 Å². The Morgan fingerprint density at radius 3 is 1.30 bits per heavy atom. The molecule has 1 aliphatic carbocycles. The number of hydrogen-bond donors (Lipinski definition) is 0. The Balaban J connectivity index is 1.39. The van der Waals surface area contributed by atoms with Crippen LogP contribution in [-0.4, -0.2) is 18.0 Å². The van der Waals surface area contributed by atoms with Crippen LogP contribution in [-0.2, 0) is 6.42 Å². The second-order valence-corrected chi connectivity index (χ2v) is 10.4. The van der Waals surface area contributed by atoms with Crippen LogP contribution in [0.5, 0.6) is 0 Å². The van der Waals surface area contributed by atoms with Crippen LogP contribution in [0.15, 0.2) is 158 Å². The van der Waals surface area contributed by atoms with Crippen molar-refractivity contribution in [1.29, 1.82) is 0 Å². The van der Waals surface area contributed by atoms with Crippen LogP contribution >= 0.6 is 0 Å². The maximum atomic E-state index is 2.66. The highest BCUT2D eigenvalue weighted by atomic mass is 15.1. The monoisotopic (exact) mass is 517 g/mol. The molecule has 0 fully saturated rings. The van der Waals surface area contributed by atoms with Crippen molar-refractivity contribution in [2.24, 2.45) is 0 Å². The molecule has 5 aromatic rings. The molecule has 196 valence electrons. The lowest BCUT2D eigenvalue weighted by molar-refractivity contribution is 0.243. The van der Waals surface area contributed by atoms with Gasteiger partial charge in [-0.1, -0.05) is 158 Å². The summed E-state index contributed by atoms with van der Waals surface area (Å²) in [7, 11) is 0. The Hall–Kier alpha value is -4.46. The minimum Gasteiger partial charge on any atom is -0.289 e. The zero-order valence-electron chi connectivity index (χ0n) is 22.9. The van der Waals surface area contributed by atoms with Crippen molar-refractivity contribution in [3.05, 3.63) is 191 Å². The second kappa shape index (κ2) is 12.6. The first kappa shape index (κ1) is 25.8. The van der Waals surface area contributed by atoms with E-state index in [2.05, 4.69) is 163 Å². The first-order valence-corrected chi connectivity index (χ1v) is 14.3. The third-order valence-electron chi connectivity index (χ3n) is 7.94. The summed E-state index contributed by atoms with van der Waals surface area (Å²) in [6.07, 6.45) is 7.16. The van der Waals surface area contributed by atoms with E-state index in [9.17, 15) is 0 Å². The minimum absolute atomic E-state index is 0.393. The van der Waals surface area contributed by atoms with Gasteiger partial charge in [0.15, 0.2) is 0 Å². The molecule has 1 nitrogen and oxygen atoms in total. The molecule has 0 aromatic heterocycles. The molecule has 0 radical (unpaired) electrons. The highest BCUT2D eigenvalue weighted by Crippen LogP contribution is 2.36. The summed E-state index contributed by atoms with van der Waals surface area (Å²) in [6, 6.07) is 52.6. The molecule has 0 unspecified atom stereocenters. The average Bonchev–Trinajstić information content (AvgIpc) is 3.46. The van der Waals surface area contributed by atoms with Crippen LogP contribution in [0.1, 0.15) is 45.8 Å². The van der Waals surface area contributed by atoms with Gasteiger partial charge in [0.05, 0.1) is 0 Å². The molecule has 0 amide bonds. The number of hydrogen-bond acceptors (Lipinski definition) is 1. The van der Waals surface area contributed by atoms with Crippen LogP contribution in [0.25, 0.3) is 11.1 Å². The largest absolute Gasteiger partial charge is 0.289 e. The van der Waals surface area contributed by atoms with Gasteiger partial charge in [-0.2, -0.15) is 0 Å². The lowest BCUT2D eigenvalue weighted by Crippen LogP contribution is -2.28. The number of rotatable bonds is 9. The predicted molar refractivity (Wildman–Crippen MR) is 169 cm³/mol. The smallest absolute Gasteiger partial charge is 0.0360 e. The predicted octanol–water partition coefficient (Wildman–Crippen LogP) is 9.24. The fourth-order valence-corrected chi connectivity index (χ4v) is 5.94. The maximum Gasteiger partial charge on any atom is 0.0360 e. The van der Waals surface area contributed by atoms with E-state index in [4.69, 9.17) is 0 Å². The topological polar surface area (TPSA) is 3.24 Å². The molecule has 0 bridgehead atoms. The molecule has 0 saturated heterocycles. The lowest BCUT2D eigenvalue weighted by atomic mass is 9.96. The summed E-state index contributed by atoms with van der Waals surface area (Å²) in [5.41, 5.74) is 10.6. The second-order valence-electron chi connectivity index (χ2n) is 10.4. The molecule has 5 aromatic carbocycles.